The second-order valence-corrected chi connectivity index (χ2v) is 7.46. The van der Waals surface area contributed by atoms with Crippen molar-refractivity contribution in [2.45, 2.75) is 51.1 Å². The molecule has 3 atom stereocenters. The van der Waals surface area contributed by atoms with Gasteiger partial charge in [-0.05, 0) is 26.7 Å². The molecule has 1 unspecified atom stereocenters. The van der Waals surface area contributed by atoms with E-state index in [2.05, 4.69) is 4.72 Å². The van der Waals surface area contributed by atoms with Crippen molar-refractivity contribution in [1.82, 2.24) is 9.62 Å². The number of carbonyl (C=O) groups is 1. The Balaban J connectivity index is 1.91. The lowest BCUT2D eigenvalue weighted by atomic mass is 10.0. The van der Waals surface area contributed by atoms with Gasteiger partial charge in [0.25, 0.3) is 0 Å². The highest BCUT2D eigenvalue weighted by atomic mass is 32.2. The number of nitrogens with one attached hydrogen (secondary N) is 1. The number of piperidine rings is 1. The van der Waals surface area contributed by atoms with Crippen LogP contribution < -0.4 is 4.72 Å². The summed E-state index contributed by atoms with van der Waals surface area (Å²) >= 11 is 0. The number of hydrogen-bond donors (Lipinski definition) is 1. The van der Waals surface area contributed by atoms with Crippen molar-refractivity contribution >= 4 is 15.9 Å². The second-order valence-electron chi connectivity index (χ2n) is 5.59. The molecule has 2 rings (SSSR count). The molecule has 0 saturated carbocycles. The van der Waals surface area contributed by atoms with Crippen molar-refractivity contribution in [2.75, 3.05) is 18.8 Å². The van der Waals surface area contributed by atoms with Crippen LogP contribution in [0.1, 0.15) is 26.7 Å². The molecular weight excluding hydrogens is 287 g/mol. The minimum absolute atomic E-state index is 0.0333. The minimum Gasteiger partial charge on any atom is -0.372 e. The van der Waals surface area contributed by atoms with E-state index in [0.29, 0.717) is 13.0 Å². The summed E-state index contributed by atoms with van der Waals surface area (Å²) in [6.07, 6.45) is -1.08. The van der Waals surface area contributed by atoms with Crippen LogP contribution in [-0.2, 0) is 19.6 Å². The first kappa shape index (κ1) is 15.7. The van der Waals surface area contributed by atoms with Crippen LogP contribution in [0, 0.1) is 0 Å². The van der Waals surface area contributed by atoms with E-state index in [-0.39, 0.29) is 30.7 Å². The number of hydrogen-bond acceptors (Lipinski definition) is 4. The molecule has 8 heteroatoms. The average Bonchev–Trinajstić information content (AvgIpc) is 2.71. The van der Waals surface area contributed by atoms with E-state index in [0.717, 1.165) is 0 Å². The Kier molecular flexibility index (Phi) is 4.66. The fraction of sp³-hybridized carbons (Fsp3) is 0.917. The van der Waals surface area contributed by atoms with Gasteiger partial charge in [0, 0.05) is 6.54 Å². The van der Waals surface area contributed by atoms with E-state index >= 15 is 0 Å². The first-order valence-electron chi connectivity index (χ1n) is 6.87. The summed E-state index contributed by atoms with van der Waals surface area (Å²) < 4.78 is 44.4. The fourth-order valence-corrected chi connectivity index (χ4v) is 3.90. The van der Waals surface area contributed by atoms with Crippen molar-refractivity contribution in [3.05, 3.63) is 0 Å². The maximum Gasteiger partial charge on any atom is 0.240 e. The molecule has 0 aromatic carbocycles. The molecule has 2 fully saturated rings. The number of amides is 1. The number of sulfonamides is 1. The third-order valence-electron chi connectivity index (χ3n) is 3.54. The Morgan fingerprint density at radius 2 is 2.10 bits per heavy atom. The fourth-order valence-electron chi connectivity index (χ4n) is 2.59. The quantitative estimate of drug-likeness (QED) is 0.799. The van der Waals surface area contributed by atoms with Gasteiger partial charge in [0.2, 0.25) is 15.9 Å². The van der Waals surface area contributed by atoms with E-state index in [1.807, 2.05) is 13.8 Å². The molecule has 2 aliphatic heterocycles. The molecule has 0 bridgehead atoms. The van der Waals surface area contributed by atoms with Crippen LogP contribution in [0.15, 0.2) is 0 Å². The van der Waals surface area contributed by atoms with E-state index in [4.69, 9.17) is 4.74 Å². The zero-order chi connectivity index (χ0) is 14.9. The van der Waals surface area contributed by atoms with E-state index in [1.165, 1.54) is 4.90 Å². The predicted molar refractivity (Wildman–Crippen MR) is 71.4 cm³/mol. The Labute approximate surface area is 118 Å². The maximum absolute atomic E-state index is 14.0. The summed E-state index contributed by atoms with van der Waals surface area (Å²) in [6.45, 7) is 4.05. The molecule has 20 heavy (non-hydrogen) atoms. The van der Waals surface area contributed by atoms with Crippen molar-refractivity contribution < 1.29 is 22.3 Å². The summed E-state index contributed by atoms with van der Waals surface area (Å²) in [6, 6.07) is -0.741. The Bertz CT molecular complexity index is 468. The van der Waals surface area contributed by atoms with Gasteiger partial charge in [-0.2, -0.15) is 0 Å². The van der Waals surface area contributed by atoms with Gasteiger partial charge in [-0.3, -0.25) is 4.79 Å². The Morgan fingerprint density at radius 1 is 1.40 bits per heavy atom. The van der Waals surface area contributed by atoms with Gasteiger partial charge in [0.15, 0.2) is 0 Å². The SMILES string of the molecule is CC(C)O[C@H]1CCN(C(=O)C2CCS(=O)(=O)N2)C[C@H]1F. The van der Waals surface area contributed by atoms with Crippen molar-refractivity contribution in [1.29, 1.82) is 0 Å². The highest BCUT2D eigenvalue weighted by molar-refractivity contribution is 7.89. The zero-order valence-electron chi connectivity index (χ0n) is 11.7. The molecule has 116 valence electrons. The standard InChI is InChI=1S/C12H21FN2O4S/c1-8(2)19-11-3-5-15(7-9(11)13)12(16)10-4-6-20(17,18)14-10/h8-11,14H,3-7H2,1-2H3/t9-,10?,11+/m1/s1. The predicted octanol–water partition coefficient (Wildman–Crippen LogP) is 0.0421. The lowest BCUT2D eigenvalue weighted by molar-refractivity contribution is -0.140. The Hall–Kier alpha value is -0.730. The molecule has 2 heterocycles. The number of alkyl halides is 1. The number of rotatable bonds is 3. The van der Waals surface area contributed by atoms with Crippen LogP contribution in [0.4, 0.5) is 4.39 Å². The molecule has 0 radical (unpaired) electrons. The third kappa shape index (κ3) is 3.67. The van der Waals surface area contributed by atoms with Crippen molar-refractivity contribution in [2.24, 2.45) is 0 Å². The summed E-state index contributed by atoms with van der Waals surface area (Å²) in [5.41, 5.74) is 0. The normalized spacial score (nSPS) is 33.6. The number of halogens is 1. The van der Waals surface area contributed by atoms with Gasteiger partial charge in [-0.1, -0.05) is 0 Å². The molecule has 2 aliphatic rings. The van der Waals surface area contributed by atoms with Gasteiger partial charge in [0.1, 0.15) is 12.2 Å². The van der Waals surface area contributed by atoms with Gasteiger partial charge in [-0.25, -0.2) is 17.5 Å². The first-order chi connectivity index (χ1) is 9.28. The third-order valence-corrected chi connectivity index (χ3v) is 4.95. The molecule has 1 amide bonds. The Morgan fingerprint density at radius 3 is 2.60 bits per heavy atom. The van der Waals surface area contributed by atoms with E-state index < -0.39 is 28.3 Å². The van der Waals surface area contributed by atoms with Gasteiger partial charge in [-0.15, -0.1) is 0 Å². The summed E-state index contributed by atoms with van der Waals surface area (Å²) in [5, 5.41) is 0. The van der Waals surface area contributed by atoms with Gasteiger partial charge < -0.3 is 9.64 Å². The molecule has 0 aromatic rings. The number of nitrogens with zero attached hydrogens (tertiary/aromatic N) is 1. The monoisotopic (exact) mass is 308 g/mol. The zero-order valence-corrected chi connectivity index (χ0v) is 12.5. The van der Waals surface area contributed by atoms with Crippen LogP contribution in [0.3, 0.4) is 0 Å². The molecule has 6 nitrogen and oxygen atoms in total. The molecule has 1 N–H and O–H groups in total. The number of likely N-dealkylation sites (tertiary alicyclic amines) is 1. The largest absolute Gasteiger partial charge is 0.372 e. The molecule has 0 aromatic heterocycles. The van der Waals surface area contributed by atoms with Crippen LogP contribution in [0.2, 0.25) is 0 Å². The van der Waals surface area contributed by atoms with E-state index in [9.17, 15) is 17.6 Å². The van der Waals surface area contributed by atoms with Crippen molar-refractivity contribution in [3.63, 3.8) is 0 Å². The molecule has 0 aliphatic carbocycles. The minimum atomic E-state index is -3.34. The molecular formula is C12H21FN2O4S. The first-order valence-corrected chi connectivity index (χ1v) is 8.52. The maximum atomic E-state index is 14.0. The summed E-state index contributed by atoms with van der Waals surface area (Å²) in [7, 11) is -3.34. The molecule has 2 saturated heterocycles. The highest BCUT2D eigenvalue weighted by Crippen LogP contribution is 2.21. The smallest absolute Gasteiger partial charge is 0.240 e. The highest BCUT2D eigenvalue weighted by Gasteiger charge is 2.38. The summed E-state index contributed by atoms with van der Waals surface area (Å²) in [5.74, 6) is -0.383. The van der Waals surface area contributed by atoms with Crippen LogP contribution in [-0.4, -0.2) is 62.5 Å². The average molecular weight is 308 g/mol. The number of ether oxygens (including phenoxy) is 1. The topological polar surface area (TPSA) is 75.7 Å². The number of carbonyl (C=O) groups excluding carboxylic acids is 1. The second kappa shape index (κ2) is 5.95. The van der Waals surface area contributed by atoms with Gasteiger partial charge in [0.05, 0.1) is 24.5 Å². The summed E-state index contributed by atoms with van der Waals surface area (Å²) in [4.78, 5) is 13.5. The molecule has 0 spiro atoms. The van der Waals surface area contributed by atoms with Crippen molar-refractivity contribution in [3.8, 4) is 0 Å². The van der Waals surface area contributed by atoms with Crippen LogP contribution >= 0.6 is 0 Å². The van der Waals surface area contributed by atoms with E-state index in [1.54, 1.807) is 0 Å². The lowest BCUT2D eigenvalue weighted by Gasteiger charge is -2.36. The lowest BCUT2D eigenvalue weighted by Crippen LogP contribution is -2.53. The van der Waals surface area contributed by atoms with Crippen LogP contribution in [0.5, 0.6) is 0 Å². The van der Waals surface area contributed by atoms with Gasteiger partial charge >= 0.3 is 0 Å². The van der Waals surface area contributed by atoms with Crippen LogP contribution in [0.25, 0.3) is 0 Å².